The van der Waals surface area contributed by atoms with Crippen molar-refractivity contribution in [2.24, 2.45) is 5.73 Å². The quantitative estimate of drug-likeness (QED) is 0.426. The number of benzene rings is 1. The Bertz CT molecular complexity index is 499. The second-order valence-corrected chi connectivity index (χ2v) is 4.91. The van der Waals surface area contributed by atoms with Gasteiger partial charge in [0, 0.05) is 13.1 Å². The smallest absolute Gasteiger partial charge is 0.320 e. The Labute approximate surface area is 134 Å². The van der Waals surface area contributed by atoms with Gasteiger partial charge in [0.25, 0.3) is 5.91 Å². The van der Waals surface area contributed by atoms with E-state index in [0.29, 0.717) is 5.75 Å². The van der Waals surface area contributed by atoms with Crippen molar-refractivity contribution in [1.29, 1.82) is 0 Å². The SMILES string of the molecule is N[C@@H](Cc1ccc(OCC(=O)N(CCO)CCO)cc1)C(=O)O. The summed E-state index contributed by atoms with van der Waals surface area (Å²) in [6.45, 7) is -0.327. The molecule has 1 aromatic carbocycles. The fourth-order valence-corrected chi connectivity index (χ4v) is 1.90. The maximum absolute atomic E-state index is 11.9. The Balaban J connectivity index is 2.51. The van der Waals surface area contributed by atoms with Crippen molar-refractivity contribution in [3.63, 3.8) is 0 Å². The first-order valence-corrected chi connectivity index (χ1v) is 7.17. The van der Waals surface area contributed by atoms with E-state index >= 15 is 0 Å². The van der Waals surface area contributed by atoms with E-state index < -0.39 is 12.0 Å². The first-order chi connectivity index (χ1) is 11.0. The number of rotatable bonds is 10. The van der Waals surface area contributed by atoms with Crippen molar-refractivity contribution >= 4 is 11.9 Å². The minimum atomic E-state index is -1.07. The van der Waals surface area contributed by atoms with Crippen LogP contribution in [0.2, 0.25) is 0 Å². The fraction of sp³-hybridized carbons (Fsp3) is 0.467. The van der Waals surface area contributed by atoms with Gasteiger partial charge in [-0.3, -0.25) is 9.59 Å². The molecule has 0 saturated carbocycles. The second-order valence-electron chi connectivity index (χ2n) is 4.91. The number of carboxylic acids is 1. The van der Waals surface area contributed by atoms with Crippen LogP contribution in [-0.2, 0) is 16.0 Å². The van der Waals surface area contributed by atoms with Crippen molar-refractivity contribution in [2.75, 3.05) is 32.9 Å². The standard InChI is InChI=1S/C15H22N2O6/c16-13(15(21)22)9-11-1-3-12(4-2-11)23-10-14(20)17(5-7-18)6-8-19/h1-4,13,18-19H,5-10,16H2,(H,21,22)/t13-/m0/s1. The molecule has 128 valence electrons. The molecule has 0 radical (unpaired) electrons. The Morgan fingerprint density at radius 3 is 2.17 bits per heavy atom. The molecule has 0 aromatic heterocycles. The molecular weight excluding hydrogens is 304 g/mol. The van der Waals surface area contributed by atoms with Gasteiger partial charge in [0.2, 0.25) is 0 Å². The summed E-state index contributed by atoms with van der Waals surface area (Å²) >= 11 is 0. The van der Waals surface area contributed by atoms with E-state index in [1.807, 2.05) is 0 Å². The molecule has 5 N–H and O–H groups in total. The number of aliphatic hydroxyl groups excluding tert-OH is 2. The normalized spacial score (nSPS) is 11.8. The highest BCUT2D eigenvalue weighted by molar-refractivity contribution is 5.77. The van der Waals surface area contributed by atoms with Gasteiger partial charge < -0.3 is 30.7 Å². The van der Waals surface area contributed by atoms with Gasteiger partial charge in [-0.15, -0.1) is 0 Å². The van der Waals surface area contributed by atoms with Gasteiger partial charge in [0.1, 0.15) is 11.8 Å². The van der Waals surface area contributed by atoms with Crippen LogP contribution >= 0.6 is 0 Å². The number of nitrogens with zero attached hydrogens (tertiary/aromatic N) is 1. The molecule has 0 heterocycles. The van der Waals surface area contributed by atoms with Crippen molar-refractivity contribution in [1.82, 2.24) is 4.90 Å². The Morgan fingerprint density at radius 1 is 1.13 bits per heavy atom. The molecule has 0 bridgehead atoms. The van der Waals surface area contributed by atoms with E-state index in [1.54, 1.807) is 24.3 Å². The summed E-state index contributed by atoms with van der Waals surface area (Å²) in [4.78, 5) is 23.9. The number of hydrogen-bond donors (Lipinski definition) is 4. The summed E-state index contributed by atoms with van der Waals surface area (Å²) in [5, 5.41) is 26.5. The molecule has 0 aliphatic carbocycles. The Kier molecular flexibility index (Phi) is 8.03. The molecule has 1 aromatic rings. The third-order valence-corrected chi connectivity index (χ3v) is 3.15. The van der Waals surface area contributed by atoms with Crippen molar-refractivity contribution in [3.05, 3.63) is 29.8 Å². The predicted molar refractivity (Wildman–Crippen MR) is 82.0 cm³/mol. The molecule has 8 nitrogen and oxygen atoms in total. The number of ether oxygens (including phenoxy) is 1. The molecule has 0 aliphatic rings. The number of amides is 1. The fourth-order valence-electron chi connectivity index (χ4n) is 1.90. The van der Waals surface area contributed by atoms with Crippen LogP contribution in [0.25, 0.3) is 0 Å². The lowest BCUT2D eigenvalue weighted by Gasteiger charge is -2.20. The summed E-state index contributed by atoms with van der Waals surface area (Å²) in [5.74, 6) is -0.951. The van der Waals surface area contributed by atoms with Crippen LogP contribution in [0.15, 0.2) is 24.3 Å². The van der Waals surface area contributed by atoms with Gasteiger partial charge in [-0.25, -0.2) is 0 Å². The van der Waals surface area contributed by atoms with Crippen LogP contribution in [-0.4, -0.2) is 71.0 Å². The first kappa shape index (κ1) is 18.9. The highest BCUT2D eigenvalue weighted by Crippen LogP contribution is 2.13. The Hall–Kier alpha value is -2.16. The number of carbonyl (C=O) groups is 2. The summed E-state index contributed by atoms with van der Waals surface area (Å²) in [6.07, 6.45) is 0.204. The highest BCUT2D eigenvalue weighted by Gasteiger charge is 2.14. The molecule has 0 spiro atoms. The number of carbonyl (C=O) groups excluding carboxylic acids is 1. The lowest BCUT2D eigenvalue weighted by molar-refractivity contribution is -0.138. The number of aliphatic carboxylic acids is 1. The summed E-state index contributed by atoms with van der Waals surface area (Å²) < 4.78 is 5.35. The van der Waals surface area contributed by atoms with E-state index in [2.05, 4.69) is 0 Å². The van der Waals surface area contributed by atoms with E-state index in [4.69, 9.17) is 25.8 Å². The monoisotopic (exact) mass is 326 g/mol. The van der Waals surface area contributed by atoms with Crippen molar-refractivity contribution in [2.45, 2.75) is 12.5 Å². The molecule has 0 aliphatic heterocycles. The van der Waals surface area contributed by atoms with E-state index in [9.17, 15) is 9.59 Å². The third kappa shape index (κ3) is 6.64. The van der Waals surface area contributed by atoms with Gasteiger partial charge in [-0.05, 0) is 24.1 Å². The zero-order chi connectivity index (χ0) is 17.2. The van der Waals surface area contributed by atoms with E-state index in [-0.39, 0.29) is 45.2 Å². The van der Waals surface area contributed by atoms with Gasteiger partial charge in [0.15, 0.2) is 6.61 Å². The minimum absolute atomic E-state index is 0.134. The molecule has 23 heavy (non-hydrogen) atoms. The Morgan fingerprint density at radius 2 is 1.70 bits per heavy atom. The average Bonchev–Trinajstić information content (AvgIpc) is 2.53. The largest absolute Gasteiger partial charge is 0.484 e. The van der Waals surface area contributed by atoms with Crippen molar-refractivity contribution in [3.8, 4) is 5.75 Å². The topological polar surface area (TPSA) is 133 Å². The molecule has 1 atom stereocenters. The lowest BCUT2D eigenvalue weighted by atomic mass is 10.1. The molecule has 1 rings (SSSR count). The van der Waals surface area contributed by atoms with Gasteiger partial charge in [-0.1, -0.05) is 12.1 Å². The molecule has 0 saturated heterocycles. The number of carboxylic acid groups (broad SMARTS) is 1. The summed E-state index contributed by atoms with van der Waals surface area (Å²) in [7, 11) is 0. The van der Waals surface area contributed by atoms with Gasteiger partial charge in [0.05, 0.1) is 13.2 Å². The van der Waals surface area contributed by atoms with Crippen LogP contribution in [0.1, 0.15) is 5.56 Å². The summed E-state index contributed by atoms with van der Waals surface area (Å²) in [5.41, 5.74) is 6.20. The number of aliphatic hydroxyl groups is 2. The number of hydrogen-bond acceptors (Lipinski definition) is 6. The maximum Gasteiger partial charge on any atom is 0.320 e. The molecule has 0 fully saturated rings. The minimum Gasteiger partial charge on any atom is -0.484 e. The van der Waals surface area contributed by atoms with E-state index in [1.165, 1.54) is 4.90 Å². The third-order valence-electron chi connectivity index (χ3n) is 3.15. The van der Waals surface area contributed by atoms with Crippen LogP contribution in [0.3, 0.4) is 0 Å². The van der Waals surface area contributed by atoms with Crippen molar-refractivity contribution < 1.29 is 29.6 Å². The second kappa shape index (κ2) is 9.78. The van der Waals surface area contributed by atoms with Crippen LogP contribution in [0.5, 0.6) is 5.75 Å². The highest BCUT2D eigenvalue weighted by atomic mass is 16.5. The van der Waals surface area contributed by atoms with E-state index in [0.717, 1.165) is 5.56 Å². The van der Waals surface area contributed by atoms with Crippen LogP contribution in [0.4, 0.5) is 0 Å². The van der Waals surface area contributed by atoms with Gasteiger partial charge in [-0.2, -0.15) is 0 Å². The molecule has 1 amide bonds. The molecule has 8 heteroatoms. The molecule has 0 unspecified atom stereocenters. The van der Waals surface area contributed by atoms with Crippen LogP contribution in [0, 0.1) is 0 Å². The zero-order valence-electron chi connectivity index (χ0n) is 12.7. The maximum atomic E-state index is 11.9. The van der Waals surface area contributed by atoms with Gasteiger partial charge >= 0.3 is 5.97 Å². The average molecular weight is 326 g/mol. The molecular formula is C15H22N2O6. The first-order valence-electron chi connectivity index (χ1n) is 7.17. The van der Waals surface area contributed by atoms with Crippen LogP contribution < -0.4 is 10.5 Å². The lowest BCUT2D eigenvalue weighted by Crippen LogP contribution is -2.38. The summed E-state index contributed by atoms with van der Waals surface area (Å²) in [6, 6.07) is 5.65. The predicted octanol–water partition coefficient (Wildman–Crippen LogP) is -1.17. The number of nitrogens with two attached hydrogens (primary N) is 1. The zero-order valence-corrected chi connectivity index (χ0v) is 12.7.